The molecule has 0 aromatic rings. The molecule has 3 aliphatic carbocycles. The molecule has 1 saturated heterocycles. The first-order valence-corrected chi connectivity index (χ1v) is 7.68. The first kappa shape index (κ1) is 13.7. The molecule has 0 N–H and O–H groups in total. The summed E-state index contributed by atoms with van der Waals surface area (Å²) in [6, 6.07) is 0. The van der Waals surface area contributed by atoms with Crippen LogP contribution in [0.3, 0.4) is 0 Å². The molecule has 4 aliphatic rings. The van der Waals surface area contributed by atoms with Crippen LogP contribution in [0, 0.1) is 17.3 Å². The Bertz CT molecular complexity index is 406. The molecule has 0 amide bonds. The van der Waals surface area contributed by atoms with E-state index < -0.39 is 0 Å². The Kier molecular flexibility index (Phi) is 2.80. The van der Waals surface area contributed by atoms with E-state index in [9.17, 15) is 0 Å². The Balaban J connectivity index is 1.70. The fourth-order valence-corrected chi connectivity index (χ4v) is 3.95. The molecule has 2 fully saturated rings. The van der Waals surface area contributed by atoms with Crippen LogP contribution in [-0.4, -0.2) is 18.3 Å². The molecule has 0 radical (unpaired) electrons. The second-order valence-electron chi connectivity index (χ2n) is 8.21. The molecule has 1 heterocycles. The van der Waals surface area contributed by atoms with Crippen LogP contribution >= 0.6 is 0 Å². The lowest BCUT2D eigenvalue weighted by atomic mass is 9.47. The van der Waals surface area contributed by atoms with Crippen LogP contribution in [0.15, 0.2) is 11.6 Å². The lowest BCUT2D eigenvalue weighted by Gasteiger charge is -2.56. The zero-order valence-corrected chi connectivity index (χ0v) is 13.2. The molecule has 4 rings (SSSR count). The monoisotopic (exact) mass is 262 g/mol. The number of allylic oxidation sites excluding steroid dienone is 2. The number of hydrogen-bond acceptors (Lipinski definition) is 2. The van der Waals surface area contributed by atoms with Crippen LogP contribution in [0.4, 0.5) is 0 Å². The van der Waals surface area contributed by atoms with Crippen molar-refractivity contribution < 1.29 is 9.31 Å². The maximum Gasteiger partial charge on any atom is 0.462 e. The van der Waals surface area contributed by atoms with Gasteiger partial charge in [-0.25, -0.2) is 0 Å². The quantitative estimate of drug-likeness (QED) is 0.551. The third-order valence-electron chi connectivity index (χ3n) is 6.29. The summed E-state index contributed by atoms with van der Waals surface area (Å²) in [5.74, 6) is 1.66. The van der Waals surface area contributed by atoms with Crippen LogP contribution in [-0.2, 0) is 9.31 Å². The Hall–Kier alpha value is -0.275. The molecule has 2 bridgehead atoms. The summed E-state index contributed by atoms with van der Waals surface area (Å²) in [4.78, 5) is 0. The van der Waals surface area contributed by atoms with E-state index in [0.717, 1.165) is 18.2 Å². The summed E-state index contributed by atoms with van der Waals surface area (Å²) in [6.07, 6.45) is 6.03. The van der Waals surface area contributed by atoms with Crippen molar-refractivity contribution in [1.29, 1.82) is 0 Å². The highest BCUT2D eigenvalue weighted by Crippen LogP contribution is 2.60. The van der Waals surface area contributed by atoms with E-state index in [1.54, 1.807) is 5.57 Å². The standard InChI is InChI=1S/C16H27BO2/c1-14(2)12-8-7-11(13(14)9-12)10-17-18-15(3,4)16(5,6)19-17/h7,12-13H,8-10H2,1-6H3. The van der Waals surface area contributed by atoms with Crippen LogP contribution in [0.1, 0.15) is 54.4 Å². The summed E-state index contributed by atoms with van der Waals surface area (Å²) in [7, 11) is -0.0656. The van der Waals surface area contributed by atoms with Crippen molar-refractivity contribution >= 4 is 7.12 Å². The molecule has 1 aliphatic heterocycles. The summed E-state index contributed by atoms with van der Waals surface area (Å²) < 4.78 is 12.3. The largest absolute Gasteiger partial charge is 0.462 e. The maximum absolute atomic E-state index is 6.14. The van der Waals surface area contributed by atoms with Crippen molar-refractivity contribution in [2.24, 2.45) is 17.3 Å². The second-order valence-corrected chi connectivity index (χ2v) is 8.21. The van der Waals surface area contributed by atoms with Gasteiger partial charge in [0.15, 0.2) is 0 Å². The first-order valence-electron chi connectivity index (χ1n) is 7.68. The Morgan fingerprint density at radius 3 is 2.16 bits per heavy atom. The van der Waals surface area contributed by atoms with Gasteiger partial charge in [-0.05, 0) is 57.8 Å². The second kappa shape index (κ2) is 3.88. The van der Waals surface area contributed by atoms with Crippen LogP contribution in [0.2, 0.25) is 6.32 Å². The average Bonchev–Trinajstić information content (AvgIpc) is 2.46. The smallest absolute Gasteiger partial charge is 0.403 e. The highest BCUT2D eigenvalue weighted by molar-refractivity contribution is 6.46. The number of hydrogen-bond donors (Lipinski definition) is 0. The van der Waals surface area contributed by atoms with Gasteiger partial charge in [-0.15, -0.1) is 0 Å². The van der Waals surface area contributed by atoms with Crippen molar-refractivity contribution in [1.82, 2.24) is 0 Å². The summed E-state index contributed by atoms with van der Waals surface area (Å²) in [5, 5.41) is 0. The minimum absolute atomic E-state index is 0.0656. The molecule has 0 aromatic heterocycles. The predicted octanol–water partition coefficient (Wildman–Crippen LogP) is 4.07. The molecule has 19 heavy (non-hydrogen) atoms. The van der Waals surface area contributed by atoms with Gasteiger partial charge in [-0.3, -0.25) is 0 Å². The molecule has 3 heteroatoms. The van der Waals surface area contributed by atoms with Gasteiger partial charge in [0.25, 0.3) is 0 Å². The van der Waals surface area contributed by atoms with E-state index in [2.05, 4.69) is 47.6 Å². The SMILES string of the molecule is CC1(C)C2CC=C(CB3OC(C)(C)C(C)(C)O3)C1C2. The number of fused-ring (bicyclic) bond motifs is 1. The van der Waals surface area contributed by atoms with Crippen molar-refractivity contribution in [2.45, 2.75) is 71.9 Å². The van der Waals surface area contributed by atoms with Crippen molar-refractivity contribution in [3.8, 4) is 0 Å². The van der Waals surface area contributed by atoms with Gasteiger partial charge in [0.1, 0.15) is 0 Å². The minimum Gasteiger partial charge on any atom is -0.403 e. The maximum atomic E-state index is 6.14. The molecular weight excluding hydrogens is 235 g/mol. The van der Waals surface area contributed by atoms with Gasteiger partial charge in [0.05, 0.1) is 11.2 Å². The fraction of sp³-hybridized carbons (Fsp3) is 0.875. The van der Waals surface area contributed by atoms with Gasteiger partial charge in [-0.1, -0.05) is 25.5 Å². The molecule has 2 atom stereocenters. The third kappa shape index (κ3) is 1.92. The topological polar surface area (TPSA) is 18.5 Å². The van der Waals surface area contributed by atoms with Crippen molar-refractivity contribution in [3.63, 3.8) is 0 Å². The van der Waals surface area contributed by atoms with Gasteiger partial charge < -0.3 is 9.31 Å². The van der Waals surface area contributed by atoms with E-state index in [1.165, 1.54) is 12.8 Å². The molecular formula is C16H27BO2. The van der Waals surface area contributed by atoms with E-state index in [0.29, 0.717) is 5.41 Å². The van der Waals surface area contributed by atoms with Crippen molar-refractivity contribution in [3.05, 3.63) is 11.6 Å². The summed E-state index contributed by atoms with van der Waals surface area (Å²) >= 11 is 0. The van der Waals surface area contributed by atoms with Gasteiger partial charge in [0, 0.05) is 6.32 Å². The van der Waals surface area contributed by atoms with E-state index in [4.69, 9.17) is 9.31 Å². The Labute approximate surface area is 118 Å². The van der Waals surface area contributed by atoms with Gasteiger partial charge in [-0.2, -0.15) is 0 Å². The van der Waals surface area contributed by atoms with Crippen LogP contribution in [0.5, 0.6) is 0 Å². The van der Waals surface area contributed by atoms with E-state index >= 15 is 0 Å². The number of rotatable bonds is 2. The fourth-order valence-electron chi connectivity index (χ4n) is 3.95. The zero-order chi connectivity index (χ0) is 14.1. The Morgan fingerprint density at radius 2 is 1.68 bits per heavy atom. The van der Waals surface area contributed by atoms with Gasteiger partial charge in [0.2, 0.25) is 0 Å². The third-order valence-corrected chi connectivity index (χ3v) is 6.29. The average molecular weight is 262 g/mol. The summed E-state index contributed by atoms with van der Waals surface area (Å²) in [5.41, 5.74) is 1.66. The lowest BCUT2D eigenvalue weighted by molar-refractivity contribution is -0.00635. The molecule has 2 nitrogen and oxygen atoms in total. The van der Waals surface area contributed by atoms with Crippen LogP contribution in [0.25, 0.3) is 0 Å². The normalized spacial score (nSPS) is 37.8. The van der Waals surface area contributed by atoms with E-state index in [-0.39, 0.29) is 18.3 Å². The predicted molar refractivity (Wildman–Crippen MR) is 79.0 cm³/mol. The highest BCUT2D eigenvalue weighted by atomic mass is 16.7. The van der Waals surface area contributed by atoms with Crippen molar-refractivity contribution in [2.75, 3.05) is 0 Å². The zero-order valence-electron chi connectivity index (χ0n) is 13.2. The molecule has 0 aromatic carbocycles. The minimum atomic E-state index is -0.204. The molecule has 106 valence electrons. The molecule has 1 saturated carbocycles. The van der Waals surface area contributed by atoms with Crippen LogP contribution < -0.4 is 0 Å². The highest BCUT2D eigenvalue weighted by Gasteiger charge is 2.55. The molecule has 0 spiro atoms. The first-order chi connectivity index (χ1) is 8.63. The lowest BCUT2D eigenvalue weighted by Crippen LogP contribution is -2.48. The summed E-state index contributed by atoms with van der Waals surface area (Å²) in [6.45, 7) is 13.4. The van der Waals surface area contributed by atoms with Gasteiger partial charge >= 0.3 is 7.12 Å². The molecule has 2 unspecified atom stereocenters. The van der Waals surface area contributed by atoms with E-state index in [1.807, 2.05) is 0 Å². The Morgan fingerprint density at radius 1 is 1.11 bits per heavy atom.